The van der Waals surface area contributed by atoms with Crippen molar-refractivity contribution in [3.63, 3.8) is 0 Å². The molecule has 0 saturated carbocycles. The number of hydrogen-bond acceptors (Lipinski definition) is 6. The summed E-state index contributed by atoms with van der Waals surface area (Å²) in [5.41, 5.74) is 0. The van der Waals surface area contributed by atoms with Crippen molar-refractivity contribution < 1.29 is 28.6 Å². The quantitative estimate of drug-likeness (QED) is 0.0261. The first-order chi connectivity index (χ1) is 41.0. The third-order valence-electron chi connectivity index (χ3n) is 14.6. The summed E-state index contributed by atoms with van der Waals surface area (Å²) in [5.74, 6) is -0.893. The Kier molecular flexibility index (Phi) is 66.3. The lowest BCUT2D eigenvalue weighted by Crippen LogP contribution is -2.30. The normalized spacial score (nSPS) is 13.0. The van der Waals surface area contributed by atoms with Crippen LogP contribution in [0.25, 0.3) is 0 Å². The zero-order valence-electron chi connectivity index (χ0n) is 54.2. The van der Waals surface area contributed by atoms with Gasteiger partial charge in [-0.3, -0.25) is 14.4 Å². The van der Waals surface area contributed by atoms with Crippen LogP contribution >= 0.6 is 0 Å². The topological polar surface area (TPSA) is 78.9 Å². The van der Waals surface area contributed by atoms with E-state index in [1.165, 1.54) is 141 Å². The van der Waals surface area contributed by atoms with Crippen molar-refractivity contribution >= 4 is 17.9 Å². The first-order valence-electron chi connectivity index (χ1n) is 34.7. The maximum Gasteiger partial charge on any atom is 0.306 e. The van der Waals surface area contributed by atoms with Gasteiger partial charge in [0.25, 0.3) is 0 Å². The van der Waals surface area contributed by atoms with Crippen molar-refractivity contribution in [3.05, 3.63) is 134 Å². The zero-order valence-corrected chi connectivity index (χ0v) is 54.2. The lowest BCUT2D eigenvalue weighted by atomic mass is 10.0. The van der Waals surface area contributed by atoms with Gasteiger partial charge in [0.05, 0.1) is 0 Å². The molecular formula is C77H128O6. The lowest BCUT2D eigenvalue weighted by molar-refractivity contribution is -0.167. The van der Waals surface area contributed by atoms with Gasteiger partial charge in [0.1, 0.15) is 13.2 Å². The second-order valence-corrected chi connectivity index (χ2v) is 22.6. The second-order valence-electron chi connectivity index (χ2n) is 22.6. The van der Waals surface area contributed by atoms with E-state index in [2.05, 4.69) is 154 Å². The van der Waals surface area contributed by atoms with Crippen molar-refractivity contribution in [1.82, 2.24) is 0 Å². The number of carbonyl (C=O) groups is 3. The van der Waals surface area contributed by atoms with Crippen molar-refractivity contribution in [2.75, 3.05) is 13.2 Å². The molecule has 0 saturated heterocycles. The highest BCUT2D eigenvalue weighted by Gasteiger charge is 2.19. The Bertz CT molecular complexity index is 1750. The monoisotopic (exact) mass is 1150 g/mol. The lowest BCUT2D eigenvalue weighted by Gasteiger charge is -2.18. The largest absolute Gasteiger partial charge is 0.462 e. The molecule has 0 aromatic heterocycles. The summed E-state index contributed by atoms with van der Waals surface area (Å²) in [4.78, 5) is 38.5. The highest BCUT2D eigenvalue weighted by atomic mass is 16.6. The Balaban J connectivity index is 4.38. The van der Waals surface area contributed by atoms with Crippen LogP contribution in [0.3, 0.4) is 0 Å². The van der Waals surface area contributed by atoms with E-state index >= 15 is 0 Å². The molecule has 6 heteroatoms. The first kappa shape index (κ1) is 78.5. The van der Waals surface area contributed by atoms with Crippen LogP contribution in [0.1, 0.15) is 316 Å². The average molecular weight is 1150 g/mol. The number of unbranched alkanes of at least 4 members (excludes halogenated alkanes) is 29. The molecular weight excluding hydrogens is 1020 g/mol. The molecule has 0 aliphatic carbocycles. The van der Waals surface area contributed by atoms with Crippen LogP contribution in [-0.4, -0.2) is 37.2 Å². The standard InChI is InChI=1S/C77H128O6/c1-4-7-10-13-16-19-22-25-28-31-33-35-37-38-40-41-43-46-49-52-55-58-61-64-67-70-76(79)82-73-74(72-81-75(78)69-66-63-60-57-54-51-48-45-30-27-24-21-18-15-12-9-6-3)83-77(80)71-68-65-62-59-56-53-50-47-44-42-39-36-34-32-29-26-23-20-17-14-11-8-5-2/h7-12,16-21,25-30,33-36,74H,4-6,13-15,22-24,31-32,37-73H2,1-3H3/b10-7-,11-8-,12-9-,19-16-,20-17-,21-18-,28-25-,29-26-,30-27-,35-33-,36-34-. The molecule has 0 amide bonds. The summed E-state index contributed by atoms with van der Waals surface area (Å²) in [6, 6.07) is 0. The van der Waals surface area contributed by atoms with Crippen molar-refractivity contribution in [2.24, 2.45) is 0 Å². The molecule has 0 radical (unpaired) electrons. The molecule has 0 aromatic carbocycles. The first-order valence-corrected chi connectivity index (χ1v) is 34.7. The van der Waals surface area contributed by atoms with E-state index in [1.807, 2.05) is 0 Å². The third kappa shape index (κ3) is 68.2. The molecule has 0 fully saturated rings. The van der Waals surface area contributed by atoms with E-state index < -0.39 is 6.10 Å². The van der Waals surface area contributed by atoms with Gasteiger partial charge in [0.2, 0.25) is 0 Å². The number of allylic oxidation sites excluding steroid dienone is 22. The van der Waals surface area contributed by atoms with Crippen LogP contribution in [0, 0.1) is 0 Å². The number of hydrogen-bond donors (Lipinski definition) is 0. The molecule has 0 spiro atoms. The predicted molar refractivity (Wildman–Crippen MR) is 362 cm³/mol. The summed E-state index contributed by atoms with van der Waals surface area (Å²) in [6.07, 6.45) is 98.9. The van der Waals surface area contributed by atoms with Gasteiger partial charge in [-0.25, -0.2) is 0 Å². The smallest absolute Gasteiger partial charge is 0.306 e. The molecule has 0 heterocycles. The van der Waals surface area contributed by atoms with Gasteiger partial charge in [-0.05, 0) is 128 Å². The molecule has 0 aliphatic rings. The molecule has 1 unspecified atom stereocenters. The van der Waals surface area contributed by atoms with E-state index in [1.54, 1.807) is 0 Å². The van der Waals surface area contributed by atoms with Gasteiger partial charge in [-0.2, -0.15) is 0 Å². The minimum Gasteiger partial charge on any atom is -0.462 e. The molecule has 0 bridgehead atoms. The van der Waals surface area contributed by atoms with Gasteiger partial charge < -0.3 is 14.2 Å². The predicted octanol–water partition coefficient (Wildman–Crippen LogP) is 24.1. The summed E-state index contributed by atoms with van der Waals surface area (Å²) >= 11 is 0. The van der Waals surface area contributed by atoms with Gasteiger partial charge in [0, 0.05) is 19.3 Å². The summed E-state index contributed by atoms with van der Waals surface area (Å²) in [5, 5.41) is 0. The molecule has 472 valence electrons. The van der Waals surface area contributed by atoms with E-state index in [0.29, 0.717) is 19.3 Å². The average Bonchev–Trinajstić information content (AvgIpc) is 3.49. The number of esters is 3. The fraction of sp³-hybridized carbons (Fsp3) is 0.675. The summed E-state index contributed by atoms with van der Waals surface area (Å²) < 4.78 is 17.0. The minimum absolute atomic E-state index is 0.0860. The van der Waals surface area contributed by atoms with Crippen LogP contribution in [0.2, 0.25) is 0 Å². The van der Waals surface area contributed by atoms with Crippen LogP contribution < -0.4 is 0 Å². The molecule has 1 atom stereocenters. The van der Waals surface area contributed by atoms with Crippen LogP contribution in [0.4, 0.5) is 0 Å². The van der Waals surface area contributed by atoms with Gasteiger partial charge >= 0.3 is 17.9 Å². The van der Waals surface area contributed by atoms with E-state index in [0.717, 1.165) is 135 Å². The molecule has 0 aliphatic heterocycles. The fourth-order valence-electron chi connectivity index (χ4n) is 9.56. The van der Waals surface area contributed by atoms with Gasteiger partial charge in [-0.1, -0.05) is 302 Å². The number of ether oxygens (including phenoxy) is 3. The summed E-state index contributed by atoms with van der Waals surface area (Å²) in [7, 11) is 0. The highest BCUT2D eigenvalue weighted by molar-refractivity contribution is 5.71. The Hall–Kier alpha value is -4.45. The fourth-order valence-corrected chi connectivity index (χ4v) is 9.56. The Morgan fingerprint density at radius 3 is 0.675 bits per heavy atom. The Morgan fingerprint density at radius 1 is 0.241 bits per heavy atom. The Labute approximate surface area is 513 Å². The molecule has 83 heavy (non-hydrogen) atoms. The number of carbonyl (C=O) groups excluding carboxylic acids is 3. The van der Waals surface area contributed by atoms with Crippen molar-refractivity contribution in [3.8, 4) is 0 Å². The maximum atomic E-state index is 13.0. The van der Waals surface area contributed by atoms with Gasteiger partial charge in [-0.15, -0.1) is 0 Å². The Morgan fingerprint density at radius 2 is 0.434 bits per heavy atom. The molecule has 0 N–H and O–H groups in total. The van der Waals surface area contributed by atoms with Crippen LogP contribution in [0.15, 0.2) is 134 Å². The molecule has 6 nitrogen and oxygen atoms in total. The van der Waals surface area contributed by atoms with Crippen molar-refractivity contribution in [1.29, 1.82) is 0 Å². The second kappa shape index (κ2) is 70.0. The van der Waals surface area contributed by atoms with Crippen molar-refractivity contribution in [2.45, 2.75) is 322 Å². The van der Waals surface area contributed by atoms with E-state index in [-0.39, 0.29) is 31.1 Å². The van der Waals surface area contributed by atoms with Gasteiger partial charge in [0.15, 0.2) is 6.10 Å². The number of rotatable bonds is 62. The highest BCUT2D eigenvalue weighted by Crippen LogP contribution is 2.17. The molecule has 0 aromatic rings. The molecule has 0 rings (SSSR count). The van der Waals surface area contributed by atoms with Crippen LogP contribution in [-0.2, 0) is 28.6 Å². The zero-order chi connectivity index (χ0) is 59.9. The SMILES string of the molecule is CC/C=C\C/C=C\C/C=C\C/C=C\CCCCCCCCCCCCCCC(=O)OCC(COC(=O)CCCCCCCCC/C=C\C/C=C\C/C=C\CC)OC(=O)CCCCCCCCCCCC/C=C\C/C=C\C/C=C\C/C=C\CC. The maximum absolute atomic E-state index is 13.0. The third-order valence-corrected chi connectivity index (χ3v) is 14.6. The van der Waals surface area contributed by atoms with E-state index in [9.17, 15) is 14.4 Å². The van der Waals surface area contributed by atoms with E-state index in [4.69, 9.17) is 14.2 Å². The summed E-state index contributed by atoms with van der Waals surface area (Å²) in [6.45, 7) is 6.32. The minimum atomic E-state index is -0.792. The van der Waals surface area contributed by atoms with Crippen LogP contribution in [0.5, 0.6) is 0 Å².